The van der Waals surface area contributed by atoms with Crippen molar-refractivity contribution in [3.8, 4) is 0 Å². The lowest BCUT2D eigenvalue weighted by Crippen LogP contribution is -2.26. The fraction of sp³-hybridized carbons (Fsp3) is 0.0714. The van der Waals surface area contributed by atoms with Crippen LogP contribution in [0.4, 0.5) is 11.4 Å². The Kier molecular flexibility index (Phi) is 4.27. The molecular formula is C14H12Br2N2O. The zero-order chi connectivity index (χ0) is 14.0. The van der Waals surface area contributed by atoms with Gasteiger partial charge in [0.15, 0.2) is 0 Å². The monoisotopic (exact) mass is 382 g/mol. The highest BCUT2D eigenvalue weighted by molar-refractivity contribution is 9.11. The summed E-state index contributed by atoms with van der Waals surface area (Å²) in [6.07, 6.45) is 0. The van der Waals surface area contributed by atoms with Gasteiger partial charge in [0, 0.05) is 32.9 Å². The molecule has 1 amide bonds. The normalized spacial score (nSPS) is 10.3. The van der Waals surface area contributed by atoms with E-state index in [9.17, 15) is 4.79 Å². The van der Waals surface area contributed by atoms with Gasteiger partial charge < -0.3 is 10.6 Å². The number of hydrogen-bond acceptors (Lipinski definition) is 2. The van der Waals surface area contributed by atoms with E-state index in [0.29, 0.717) is 11.3 Å². The summed E-state index contributed by atoms with van der Waals surface area (Å²) in [6.45, 7) is 0. The number of rotatable bonds is 2. The molecule has 0 unspecified atom stereocenters. The maximum absolute atomic E-state index is 12.4. The molecule has 0 atom stereocenters. The Labute approximate surface area is 128 Å². The summed E-state index contributed by atoms with van der Waals surface area (Å²) in [6, 6.07) is 12.7. The van der Waals surface area contributed by atoms with Gasteiger partial charge in [-0.05, 0) is 42.5 Å². The number of nitrogens with two attached hydrogens (primary N) is 1. The van der Waals surface area contributed by atoms with Gasteiger partial charge in [-0.25, -0.2) is 0 Å². The first-order valence-corrected chi connectivity index (χ1v) is 7.15. The Bertz CT molecular complexity index is 591. The van der Waals surface area contributed by atoms with Crippen LogP contribution in [-0.4, -0.2) is 13.0 Å². The van der Waals surface area contributed by atoms with Crippen LogP contribution >= 0.6 is 31.9 Å². The average Bonchev–Trinajstić information content (AvgIpc) is 2.37. The lowest BCUT2D eigenvalue weighted by Gasteiger charge is -2.18. The molecule has 0 radical (unpaired) electrons. The predicted octanol–water partition coefficient (Wildman–Crippen LogP) is 4.07. The van der Waals surface area contributed by atoms with Gasteiger partial charge in [0.1, 0.15) is 0 Å². The summed E-state index contributed by atoms with van der Waals surface area (Å²) in [4.78, 5) is 14.0. The number of benzene rings is 2. The molecule has 0 aliphatic carbocycles. The second kappa shape index (κ2) is 5.75. The number of nitrogen functional groups attached to an aromatic ring is 1. The van der Waals surface area contributed by atoms with E-state index in [1.165, 1.54) is 0 Å². The summed E-state index contributed by atoms with van der Waals surface area (Å²) in [5, 5.41) is 0. The maximum atomic E-state index is 12.4. The summed E-state index contributed by atoms with van der Waals surface area (Å²) < 4.78 is 1.71. The van der Waals surface area contributed by atoms with Crippen molar-refractivity contribution in [1.82, 2.24) is 0 Å². The van der Waals surface area contributed by atoms with Crippen LogP contribution in [0.25, 0.3) is 0 Å². The number of amides is 1. The first-order chi connectivity index (χ1) is 8.97. The zero-order valence-electron chi connectivity index (χ0n) is 10.2. The molecule has 0 aliphatic rings. The van der Waals surface area contributed by atoms with E-state index in [0.717, 1.165) is 14.6 Å². The summed E-state index contributed by atoms with van der Waals surface area (Å²) in [5.41, 5.74) is 7.73. The first kappa shape index (κ1) is 14.1. The Balaban J connectivity index is 2.30. The summed E-state index contributed by atoms with van der Waals surface area (Å²) in [7, 11) is 1.74. The number of hydrogen-bond donors (Lipinski definition) is 1. The molecule has 0 aromatic heterocycles. The molecule has 0 bridgehead atoms. The smallest absolute Gasteiger partial charge is 0.258 e. The molecule has 98 valence electrons. The van der Waals surface area contributed by atoms with Crippen LogP contribution < -0.4 is 10.6 Å². The molecule has 3 nitrogen and oxygen atoms in total. The number of carbonyl (C=O) groups is 1. The summed E-state index contributed by atoms with van der Waals surface area (Å²) in [5.74, 6) is -0.0771. The molecule has 0 spiro atoms. The van der Waals surface area contributed by atoms with Crippen LogP contribution in [0.1, 0.15) is 10.4 Å². The van der Waals surface area contributed by atoms with Crippen molar-refractivity contribution >= 4 is 49.1 Å². The van der Waals surface area contributed by atoms with Crippen molar-refractivity contribution < 1.29 is 4.79 Å². The van der Waals surface area contributed by atoms with Crippen LogP contribution in [0.15, 0.2) is 51.4 Å². The van der Waals surface area contributed by atoms with Gasteiger partial charge in [0.2, 0.25) is 0 Å². The molecule has 2 N–H and O–H groups in total. The third-order valence-electron chi connectivity index (χ3n) is 2.69. The Morgan fingerprint density at radius 3 is 2.11 bits per heavy atom. The van der Waals surface area contributed by atoms with Crippen molar-refractivity contribution in [2.75, 3.05) is 17.7 Å². The second-order valence-corrected chi connectivity index (χ2v) is 5.95. The minimum atomic E-state index is -0.0771. The lowest BCUT2D eigenvalue weighted by molar-refractivity contribution is 0.0993. The minimum Gasteiger partial charge on any atom is -0.399 e. The number of carbonyl (C=O) groups excluding carboxylic acids is 1. The minimum absolute atomic E-state index is 0.0771. The highest BCUT2D eigenvalue weighted by Crippen LogP contribution is 2.23. The largest absolute Gasteiger partial charge is 0.399 e. The van der Waals surface area contributed by atoms with Crippen molar-refractivity contribution in [1.29, 1.82) is 0 Å². The third kappa shape index (κ3) is 3.36. The third-order valence-corrected chi connectivity index (χ3v) is 3.61. The Hall–Kier alpha value is -1.33. The molecule has 0 aliphatic heterocycles. The molecule has 2 rings (SSSR count). The van der Waals surface area contributed by atoms with E-state index < -0.39 is 0 Å². The quantitative estimate of drug-likeness (QED) is 0.794. The molecule has 0 saturated heterocycles. The van der Waals surface area contributed by atoms with Gasteiger partial charge >= 0.3 is 0 Å². The van der Waals surface area contributed by atoms with Gasteiger partial charge in [-0.1, -0.05) is 31.9 Å². The molecule has 0 fully saturated rings. The van der Waals surface area contributed by atoms with Gasteiger partial charge in [-0.2, -0.15) is 0 Å². The SMILES string of the molecule is CN(C(=O)c1cc(Br)cc(Br)c1)c1ccc(N)cc1. The fourth-order valence-electron chi connectivity index (χ4n) is 1.69. The van der Waals surface area contributed by atoms with Crippen molar-refractivity contribution in [3.63, 3.8) is 0 Å². The highest BCUT2D eigenvalue weighted by atomic mass is 79.9. The Morgan fingerprint density at radius 1 is 1.05 bits per heavy atom. The van der Waals surface area contributed by atoms with Crippen LogP contribution in [0.5, 0.6) is 0 Å². The van der Waals surface area contributed by atoms with E-state index in [2.05, 4.69) is 31.9 Å². The Morgan fingerprint density at radius 2 is 1.58 bits per heavy atom. The molecule has 5 heteroatoms. The maximum Gasteiger partial charge on any atom is 0.258 e. The predicted molar refractivity (Wildman–Crippen MR) is 85.4 cm³/mol. The number of halogens is 2. The van der Waals surface area contributed by atoms with E-state index in [4.69, 9.17) is 5.73 Å². The number of nitrogens with zero attached hydrogens (tertiary/aromatic N) is 1. The van der Waals surface area contributed by atoms with E-state index >= 15 is 0 Å². The van der Waals surface area contributed by atoms with E-state index in [1.807, 2.05) is 18.2 Å². The van der Waals surface area contributed by atoms with Crippen molar-refractivity contribution in [2.24, 2.45) is 0 Å². The van der Waals surface area contributed by atoms with Crippen LogP contribution in [0.3, 0.4) is 0 Å². The van der Waals surface area contributed by atoms with Crippen LogP contribution in [0, 0.1) is 0 Å². The van der Waals surface area contributed by atoms with Crippen molar-refractivity contribution in [2.45, 2.75) is 0 Å². The topological polar surface area (TPSA) is 46.3 Å². The number of anilines is 2. The van der Waals surface area contributed by atoms with Crippen LogP contribution in [-0.2, 0) is 0 Å². The summed E-state index contributed by atoms with van der Waals surface area (Å²) >= 11 is 6.76. The first-order valence-electron chi connectivity index (χ1n) is 5.57. The highest BCUT2D eigenvalue weighted by Gasteiger charge is 2.14. The van der Waals surface area contributed by atoms with E-state index in [1.54, 1.807) is 36.2 Å². The standard InChI is InChI=1S/C14H12Br2N2O/c1-18(13-4-2-12(17)3-5-13)14(19)9-6-10(15)8-11(16)7-9/h2-8H,17H2,1H3. The second-order valence-electron chi connectivity index (χ2n) is 4.11. The average molecular weight is 384 g/mol. The van der Waals surface area contributed by atoms with E-state index in [-0.39, 0.29) is 5.91 Å². The van der Waals surface area contributed by atoms with Gasteiger partial charge in [-0.15, -0.1) is 0 Å². The van der Waals surface area contributed by atoms with Gasteiger partial charge in [-0.3, -0.25) is 4.79 Å². The van der Waals surface area contributed by atoms with Gasteiger partial charge in [0.25, 0.3) is 5.91 Å². The molecule has 0 heterocycles. The van der Waals surface area contributed by atoms with Gasteiger partial charge in [0.05, 0.1) is 0 Å². The zero-order valence-corrected chi connectivity index (χ0v) is 13.4. The molecule has 2 aromatic carbocycles. The van der Waals surface area contributed by atoms with Crippen LogP contribution in [0.2, 0.25) is 0 Å². The lowest BCUT2D eigenvalue weighted by atomic mass is 10.2. The molecule has 19 heavy (non-hydrogen) atoms. The van der Waals surface area contributed by atoms with Crippen molar-refractivity contribution in [3.05, 3.63) is 57.0 Å². The molecule has 2 aromatic rings. The molecule has 0 saturated carbocycles. The fourth-order valence-corrected chi connectivity index (χ4v) is 2.98. The molecular weight excluding hydrogens is 372 g/mol.